The van der Waals surface area contributed by atoms with E-state index in [1.807, 2.05) is 0 Å². The molecule has 0 aliphatic rings. The Labute approximate surface area is 85.7 Å². The smallest absolute Gasteiger partial charge is 0.321 e. The maximum atomic E-state index is 10.4. The third kappa shape index (κ3) is 3.71. The SMILES string of the molecule is N[C@@H](CSCc1ncccn1)C(=O)O. The molecule has 1 aromatic heterocycles. The predicted molar refractivity (Wildman–Crippen MR) is 53.8 cm³/mol. The Kier molecular flexibility index (Phi) is 4.34. The molecule has 1 aromatic rings. The molecule has 0 bridgehead atoms. The summed E-state index contributed by atoms with van der Waals surface area (Å²) in [5.74, 6) is 0.664. The van der Waals surface area contributed by atoms with E-state index in [0.717, 1.165) is 0 Å². The number of aromatic nitrogens is 2. The third-order valence-corrected chi connectivity index (χ3v) is 2.52. The second kappa shape index (κ2) is 5.56. The second-order valence-corrected chi connectivity index (χ2v) is 3.66. The fourth-order valence-corrected chi connectivity index (χ4v) is 1.60. The number of hydrogen-bond donors (Lipinski definition) is 2. The lowest BCUT2D eigenvalue weighted by Gasteiger charge is -2.04. The van der Waals surface area contributed by atoms with Crippen LogP contribution >= 0.6 is 11.8 Å². The fraction of sp³-hybridized carbons (Fsp3) is 0.375. The van der Waals surface area contributed by atoms with E-state index in [2.05, 4.69) is 9.97 Å². The molecule has 0 aliphatic heterocycles. The first-order chi connectivity index (χ1) is 6.70. The van der Waals surface area contributed by atoms with Crippen LogP contribution in [0.1, 0.15) is 5.82 Å². The van der Waals surface area contributed by atoms with Gasteiger partial charge in [0.1, 0.15) is 11.9 Å². The maximum absolute atomic E-state index is 10.4. The first kappa shape index (κ1) is 10.9. The topological polar surface area (TPSA) is 89.1 Å². The number of thioether (sulfide) groups is 1. The average molecular weight is 213 g/mol. The molecule has 1 atom stereocenters. The number of carbonyl (C=O) groups is 1. The summed E-state index contributed by atoms with van der Waals surface area (Å²) >= 11 is 1.41. The normalized spacial score (nSPS) is 12.4. The highest BCUT2D eigenvalue weighted by molar-refractivity contribution is 7.98. The van der Waals surface area contributed by atoms with Crippen molar-refractivity contribution in [3.63, 3.8) is 0 Å². The van der Waals surface area contributed by atoms with Gasteiger partial charge in [-0.15, -0.1) is 0 Å². The Balaban J connectivity index is 2.26. The van der Waals surface area contributed by atoms with E-state index in [-0.39, 0.29) is 0 Å². The Hall–Kier alpha value is -1.14. The molecular weight excluding hydrogens is 202 g/mol. The van der Waals surface area contributed by atoms with Crippen molar-refractivity contribution in [3.8, 4) is 0 Å². The molecular formula is C8H11N3O2S. The molecule has 3 N–H and O–H groups in total. The molecule has 14 heavy (non-hydrogen) atoms. The summed E-state index contributed by atoms with van der Waals surface area (Å²) in [6.45, 7) is 0. The molecule has 76 valence electrons. The van der Waals surface area contributed by atoms with Gasteiger partial charge in [-0.25, -0.2) is 9.97 Å². The van der Waals surface area contributed by atoms with Gasteiger partial charge in [-0.3, -0.25) is 4.79 Å². The number of aliphatic carboxylic acids is 1. The summed E-state index contributed by atoms with van der Waals surface area (Å²) in [5, 5.41) is 8.51. The van der Waals surface area contributed by atoms with Gasteiger partial charge < -0.3 is 10.8 Å². The highest BCUT2D eigenvalue weighted by atomic mass is 32.2. The molecule has 0 aliphatic carbocycles. The van der Waals surface area contributed by atoms with E-state index in [1.54, 1.807) is 18.5 Å². The first-order valence-electron chi connectivity index (χ1n) is 4.02. The second-order valence-electron chi connectivity index (χ2n) is 2.62. The van der Waals surface area contributed by atoms with Crippen molar-refractivity contribution in [1.29, 1.82) is 0 Å². The number of carboxylic acid groups (broad SMARTS) is 1. The lowest BCUT2D eigenvalue weighted by atomic mass is 10.4. The molecule has 6 heteroatoms. The van der Waals surface area contributed by atoms with Gasteiger partial charge in [0, 0.05) is 18.1 Å². The third-order valence-electron chi connectivity index (χ3n) is 1.47. The van der Waals surface area contributed by atoms with Crippen molar-refractivity contribution in [2.75, 3.05) is 5.75 Å². The van der Waals surface area contributed by atoms with Gasteiger partial charge in [-0.2, -0.15) is 11.8 Å². The quantitative estimate of drug-likeness (QED) is 0.722. The van der Waals surface area contributed by atoms with Crippen LogP contribution in [0, 0.1) is 0 Å². The van der Waals surface area contributed by atoms with Crippen molar-refractivity contribution < 1.29 is 9.90 Å². The number of hydrogen-bond acceptors (Lipinski definition) is 5. The Bertz CT molecular complexity index is 294. The Morgan fingerprint density at radius 2 is 2.21 bits per heavy atom. The average Bonchev–Trinajstić information content (AvgIpc) is 2.19. The van der Waals surface area contributed by atoms with Crippen LogP contribution in [-0.4, -0.2) is 32.8 Å². The van der Waals surface area contributed by atoms with Gasteiger partial charge >= 0.3 is 5.97 Å². The molecule has 0 radical (unpaired) electrons. The highest BCUT2D eigenvalue weighted by Gasteiger charge is 2.10. The van der Waals surface area contributed by atoms with Crippen LogP contribution in [0.5, 0.6) is 0 Å². The molecule has 0 fully saturated rings. The number of nitrogens with zero attached hydrogens (tertiary/aromatic N) is 2. The van der Waals surface area contributed by atoms with Crippen LogP contribution < -0.4 is 5.73 Å². The van der Waals surface area contributed by atoms with Crippen LogP contribution in [-0.2, 0) is 10.5 Å². The predicted octanol–water partition coefficient (Wildman–Crippen LogP) is 0.122. The van der Waals surface area contributed by atoms with Crippen molar-refractivity contribution in [3.05, 3.63) is 24.3 Å². The molecule has 5 nitrogen and oxygen atoms in total. The van der Waals surface area contributed by atoms with Crippen LogP contribution in [0.3, 0.4) is 0 Å². The number of nitrogens with two attached hydrogens (primary N) is 1. The minimum absolute atomic E-state index is 0.369. The van der Waals surface area contributed by atoms with E-state index in [9.17, 15) is 4.79 Å². The summed E-state index contributed by atoms with van der Waals surface area (Å²) in [5.41, 5.74) is 5.32. The largest absolute Gasteiger partial charge is 0.480 e. The number of rotatable bonds is 5. The first-order valence-corrected chi connectivity index (χ1v) is 5.17. The van der Waals surface area contributed by atoms with E-state index in [0.29, 0.717) is 17.3 Å². The molecule has 1 heterocycles. The van der Waals surface area contributed by atoms with Crippen LogP contribution in [0.25, 0.3) is 0 Å². The molecule has 1 rings (SSSR count). The van der Waals surface area contributed by atoms with Gasteiger partial charge in [0.2, 0.25) is 0 Å². The summed E-state index contributed by atoms with van der Waals surface area (Å²) < 4.78 is 0. The molecule has 0 aromatic carbocycles. The molecule has 0 unspecified atom stereocenters. The van der Waals surface area contributed by atoms with Gasteiger partial charge in [-0.1, -0.05) is 0 Å². The van der Waals surface area contributed by atoms with Gasteiger partial charge in [0.15, 0.2) is 0 Å². The Morgan fingerprint density at radius 3 is 2.79 bits per heavy atom. The summed E-state index contributed by atoms with van der Waals surface area (Å²) in [4.78, 5) is 18.4. The van der Waals surface area contributed by atoms with E-state index < -0.39 is 12.0 Å². The summed E-state index contributed by atoms with van der Waals surface area (Å²) in [7, 11) is 0. The van der Waals surface area contributed by atoms with Crippen molar-refractivity contribution in [2.24, 2.45) is 5.73 Å². The lowest BCUT2D eigenvalue weighted by molar-refractivity contribution is -0.137. The zero-order valence-corrected chi connectivity index (χ0v) is 8.28. The molecule has 0 saturated heterocycles. The van der Waals surface area contributed by atoms with Gasteiger partial charge in [0.05, 0.1) is 5.75 Å². The fourth-order valence-electron chi connectivity index (χ4n) is 0.753. The van der Waals surface area contributed by atoms with Crippen LogP contribution in [0.4, 0.5) is 0 Å². The van der Waals surface area contributed by atoms with Gasteiger partial charge in [-0.05, 0) is 6.07 Å². The van der Waals surface area contributed by atoms with E-state index >= 15 is 0 Å². The summed E-state index contributed by atoms with van der Waals surface area (Å²) in [6.07, 6.45) is 3.31. The zero-order chi connectivity index (χ0) is 10.4. The monoisotopic (exact) mass is 213 g/mol. The molecule has 0 spiro atoms. The highest BCUT2D eigenvalue weighted by Crippen LogP contribution is 2.08. The number of carboxylic acids is 1. The molecule has 0 saturated carbocycles. The van der Waals surface area contributed by atoms with Crippen LogP contribution in [0.15, 0.2) is 18.5 Å². The van der Waals surface area contributed by atoms with E-state index in [4.69, 9.17) is 10.8 Å². The minimum atomic E-state index is -0.980. The van der Waals surface area contributed by atoms with Crippen LogP contribution in [0.2, 0.25) is 0 Å². The van der Waals surface area contributed by atoms with E-state index in [1.165, 1.54) is 11.8 Å². The van der Waals surface area contributed by atoms with Gasteiger partial charge in [0.25, 0.3) is 0 Å². The zero-order valence-electron chi connectivity index (χ0n) is 7.46. The lowest BCUT2D eigenvalue weighted by Crippen LogP contribution is -2.32. The maximum Gasteiger partial charge on any atom is 0.321 e. The van der Waals surface area contributed by atoms with Crippen molar-refractivity contribution in [2.45, 2.75) is 11.8 Å². The Morgan fingerprint density at radius 1 is 1.57 bits per heavy atom. The minimum Gasteiger partial charge on any atom is -0.480 e. The standard InChI is InChI=1S/C8H11N3O2S/c9-6(8(12)13)4-14-5-7-10-2-1-3-11-7/h1-3,6H,4-5,9H2,(H,12,13)/t6-/m0/s1. The van der Waals surface area contributed by atoms with Crippen molar-refractivity contribution in [1.82, 2.24) is 9.97 Å². The molecule has 0 amide bonds. The van der Waals surface area contributed by atoms with Crippen molar-refractivity contribution >= 4 is 17.7 Å². The summed E-state index contributed by atoms with van der Waals surface area (Å²) in [6, 6.07) is 0.917.